The van der Waals surface area contributed by atoms with Crippen LogP contribution in [0.5, 0.6) is 0 Å². The summed E-state index contributed by atoms with van der Waals surface area (Å²) in [6.07, 6.45) is 5.01. The number of nitrogens with one attached hydrogen (secondary N) is 2. The second-order valence-electron chi connectivity index (χ2n) is 16.8. The van der Waals surface area contributed by atoms with Crippen LogP contribution in [0.2, 0.25) is 0 Å². The zero-order valence-electron chi connectivity index (χ0n) is 31.3. The molecule has 2 aromatic heterocycles. The molecule has 2 saturated carbocycles. The third-order valence-corrected chi connectivity index (χ3v) is 12.2. The summed E-state index contributed by atoms with van der Waals surface area (Å²) in [5.74, 6) is -0.866. The molecule has 12 heteroatoms. The molecule has 0 spiro atoms. The van der Waals surface area contributed by atoms with Gasteiger partial charge in [0.1, 0.15) is 16.9 Å². The van der Waals surface area contributed by atoms with Gasteiger partial charge in [-0.3, -0.25) is 9.59 Å². The van der Waals surface area contributed by atoms with Crippen LogP contribution in [0.25, 0.3) is 22.3 Å². The number of imidazole rings is 1. The van der Waals surface area contributed by atoms with Crippen LogP contribution >= 0.6 is 0 Å². The predicted molar refractivity (Wildman–Crippen MR) is 201 cm³/mol. The number of halogens is 3. The highest BCUT2D eigenvalue weighted by Crippen LogP contribution is 2.52. The van der Waals surface area contributed by atoms with Gasteiger partial charge in [-0.1, -0.05) is 18.6 Å². The van der Waals surface area contributed by atoms with Gasteiger partial charge in [0.15, 0.2) is 5.82 Å². The number of pyridine rings is 1. The van der Waals surface area contributed by atoms with Crippen molar-refractivity contribution in [3.63, 3.8) is 0 Å². The van der Waals surface area contributed by atoms with Gasteiger partial charge in [0.25, 0.3) is 12.3 Å². The van der Waals surface area contributed by atoms with Crippen molar-refractivity contribution in [1.29, 1.82) is 0 Å². The number of piperidine rings is 1. The molecule has 1 saturated heterocycles. The number of aryl methyl sites for hydroxylation is 1. The minimum atomic E-state index is -2.69. The Balaban J connectivity index is 1.16. The van der Waals surface area contributed by atoms with Gasteiger partial charge in [-0.15, -0.1) is 0 Å². The quantitative estimate of drug-likeness (QED) is 0.180. The Labute approximate surface area is 308 Å². The van der Waals surface area contributed by atoms with Crippen molar-refractivity contribution in [2.45, 2.75) is 121 Å². The van der Waals surface area contributed by atoms with Crippen LogP contribution in [0.3, 0.4) is 0 Å². The standard InChI is InChI=1S/C41H48F3N7O2/c1-23(2)50-22-45-32-19-30(46-35(34(32)50)47-31-18-27(24(3)16-29(31)42)36(52)48-41(12-13-41)37(43)44)25-10-11-28-33(17-25)51(38(53)39(28,4)5)40(6)20-26(21-40)49-14-8-7-9-15-49/h10-11,16-19,22-23,26,37H,7-9,12-15,20-21H2,1-6H3,(H,46,47)(H,48,52)/t26-,40+. The molecule has 2 aliphatic carbocycles. The van der Waals surface area contributed by atoms with Crippen molar-refractivity contribution < 1.29 is 22.8 Å². The minimum Gasteiger partial charge on any atom is -0.341 e. The van der Waals surface area contributed by atoms with E-state index in [2.05, 4.69) is 22.5 Å². The van der Waals surface area contributed by atoms with Crippen LogP contribution in [0, 0.1) is 12.7 Å². The van der Waals surface area contributed by atoms with Gasteiger partial charge in [0, 0.05) is 34.4 Å². The van der Waals surface area contributed by atoms with E-state index in [0.29, 0.717) is 34.2 Å². The fraction of sp³-hybridized carbons (Fsp3) is 0.512. The molecule has 0 unspecified atom stereocenters. The average molecular weight is 728 g/mol. The van der Waals surface area contributed by atoms with Gasteiger partial charge in [0.2, 0.25) is 5.91 Å². The number of hydrogen-bond acceptors (Lipinski definition) is 6. The molecule has 4 aromatic rings. The largest absolute Gasteiger partial charge is 0.341 e. The van der Waals surface area contributed by atoms with E-state index in [1.165, 1.54) is 31.4 Å². The summed E-state index contributed by atoms with van der Waals surface area (Å²) >= 11 is 0. The molecule has 2 N–H and O–H groups in total. The van der Waals surface area contributed by atoms with E-state index in [1.807, 2.05) is 61.4 Å². The number of nitrogens with zero attached hydrogens (tertiary/aromatic N) is 5. The number of hydrogen-bond donors (Lipinski definition) is 2. The van der Waals surface area contributed by atoms with Crippen LogP contribution in [-0.4, -0.2) is 67.9 Å². The van der Waals surface area contributed by atoms with Gasteiger partial charge < -0.3 is 25.0 Å². The molecule has 2 aromatic carbocycles. The highest BCUT2D eigenvalue weighted by Gasteiger charge is 2.56. The number of carbonyl (C=O) groups excluding carboxylic acids is 2. The molecule has 4 aliphatic rings. The lowest BCUT2D eigenvalue weighted by molar-refractivity contribution is -0.124. The molecule has 53 heavy (non-hydrogen) atoms. The first-order valence-electron chi connectivity index (χ1n) is 18.9. The van der Waals surface area contributed by atoms with Crippen molar-refractivity contribution in [2.75, 3.05) is 23.3 Å². The number of alkyl halides is 2. The Hall–Kier alpha value is -4.45. The summed E-state index contributed by atoms with van der Waals surface area (Å²) in [5.41, 5.74) is 2.40. The summed E-state index contributed by atoms with van der Waals surface area (Å²) in [5, 5.41) is 5.63. The number of aromatic nitrogens is 3. The van der Waals surface area contributed by atoms with Gasteiger partial charge in [-0.2, -0.15) is 0 Å². The van der Waals surface area contributed by atoms with E-state index in [9.17, 15) is 18.4 Å². The second kappa shape index (κ2) is 12.6. The first-order chi connectivity index (χ1) is 25.1. The van der Waals surface area contributed by atoms with E-state index in [-0.39, 0.29) is 41.6 Å². The van der Waals surface area contributed by atoms with Crippen molar-refractivity contribution in [2.24, 2.45) is 0 Å². The van der Waals surface area contributed by atoms with Crippen LogP contribution < -0.4 is 15.5 Å². The van der Waals surface area contributed by atoms with E-state index in [4.69, 9.17) is 9.97 Å². The second-order valence-corrected chi connectivity index (χ2v) is 16.8. The number of fused-ring (bicyclic) bond motifs is 2. The van der Waals surface area contributed by atoms with Gasteiger partial charge in [0.05, 0.1) is 28.6 Å². The Morgan fingerprint density at radius 1 is 1.00 bits per heavy atom. The SMILES string of the molecule is Cc1cc(F)c(Nc2nc(-c3ccc4c(c3)N([C@]3(C)C[C@H](N5CCCCC5)C3)C(=O)C4(C)C)cc3ncn(C(C)C)c23)cc1C(=O)NC1(C(F)F)CC1. The zero-order valence-corrected chi connectivity index (χ0v) is 31.3. The summed E-state index contributed by atoms with van der Waals surface area (Å²) in [4.78, 5) is 41.8. The van der Waals surface area contributed by atoms with Gasteiger partial charge in [-0.05, 0) is 129 Å². The Bertz CT molecular complexity index is 2130. The lowest BCUT2D eigenvalue weighted by Gasteiger charge is -2.55. The van der Waals surface area contributed by atoms with Crippen LogP contribution in [0.1, 0.15) is 107 Å². The molecule has 0 bridgehead atoms. The third kappa shape index (κ3) is 5.88. The third-order valence-electron chi connectivity index (χ3n) is 12.2. The fourth-order valence-electron chi connectivity index (χ4n) is 8.78. The van der Waals surface area contributed by atoms with Crippen LogP contribution in [0.4, 0.5) is 30.4 Å². The topological polar surface area (TPSA) is 95.4 Å². The van der Waals surface area contributed by atoms with E-state index in [1.54, 1.807) is 13.3 Å². The predicted octanol–water partition coefficient (Wildman–Crippen LogP) is 8.43. The van der Waals surface area contributed by atoms with E-state index >= 15 is 4.39 Å². The van der Waals surface area contributed by atoms with Crippen molar-refractivity contribution in [3.8, 4) is 11.3 Å². The van der Waals surface area contributed by atoms with Crippen molar-refractivity contribution in [1.82, 2.24) is 24.8 Å². The number of amides is 2. The summed E-state index contributed by atoms with van der Waals surface area (Å²) in [7, 11) is 0. The molecule has 2 aliphatic heterocycles. The normalized spacial score (nSPS) is 23.4. The van der Waals surface area contributed by atoms with E-state index < -0.39 is 29.1 Å². The monoisotopic (exact) mass is 727 g/mol. The maximum Gasteiger partial charge on any atom is 0.261 e. The highest BCUT2D eigenvalue weighted by molar-refractivity contribution is 6.09. The first kappa shape index (κ1) is 35.6. The molecule has 3 fully saturated rings. The minimum absolute atomic E-state index is 0.000242. The van der Waals surface area contributed by atoms with Crippen LogP contribution in [0.15, 0.2) is 42.7 Å². The smallest absolute Gasteiger partial charge is 0.261 e. The zero-order chi connectivity index (χ0) is 37.6. The molecule has 8 rings (SSSR count). The number of likely N-dealkylation sites (tertiary alicyclic amines) is 1. The van der Waals surface area contributed by atoms with E-state index in [0.717, 1.165) is 42.7 Å². The number of rotatable bonds is 9. The van der Waals surface area contributed by atoms with Gasteiger partial charge in [-0.25, -0.2) is 23.1 Å². The molecule has 2 amide bonds. The molecule has 9 nitrogen and oxygen atoms in total. The molecule has 280 valence electrons. The highest BCUT2D eigenvalue weighted by atomic mass is 19.3. The first-order valence-corrected chi connectivity index (χ1v) is 18.9. The lowest BCUT2D eigenvalue weighted by Crippen LogP contribution is -2.64. The Kier molecular flexibility index (Phi) is 8.43. The van der Waals surface area contributed by atoms with Crippen molar-refractivity contribution in [3.05, 3.63) is 65.2 Å². The molecule has 0 atom stereocenters. The van der Waals surface area contributed by atoms with Crippen LogP contribution in [-0.2, 0) is 10.2 Å². The summed E-state index contributed by atoms with van der Waals surface area (Å²) in [6, 6.07) is 11.0. The Morgan fingerprint density at radius 3 is 2.38 bits per heavy atom. The van der Waals surface area contributed by atoms with Crippen molar-refractivity contribution >= 4 is 40.0 Å². The number of anilines is 3. The molecule has 0 radical (unpaired) electrons. The fourth-order valence-corrected chi connectivity index (χ4v) is 8.78. The molecular formula is C41H48F3N7O2. The lowest BCUT2D eigenvalue weighted by atomic mass is 9.71. The average Bonchev–Trinajstić information content (AvgIpc) is 3.70. The number of benzene rings is 2. The maximum absolute atomic E-state index is 15.7. The molecular weight excluding hydrogens is 679 g/mol. The number of carbonyl (C=O) groups is 2. The molecule has 4 heterocycles. The summed E-state index contributed by atoms with van der Waals surface area (Å²) in [6.45, 7) is 14.0. The Morgan fingerprint density at radius 2 is 1.72 bits per heavy atom. The van der Waals surface area contributed by atoms with Gasteiger partial charge >= 0.3 is 0 Å². The summed E-state index contributed by atoms with van der Waals surface area (Å²) < 4.78 is 44.9. The maximum atomic E-state index is 15.7.